The second-order valence-corrected chi connectivity index (χ2v) is 8.28. The number of carbonyl (C=O) groups excluding carboxylic acids is 3. The average molecular weight is 456 g/mol. The fraction of sp³-hybridized carbons (Fsp3) is 0.421. The molecule has 0 unspecified atom stereocenters. The first-order valence-electron chi connectivity index (χ1n) is 8.65. The summed E-state index contributed by atoms with van der Waals surface area (Å²) in [5.74, 6) is -0.292. The molecule has 2 rings (SSSR count). The lowest BCUT2D eigenvalue weighted by Gasteiger charge is -2.13. The van der Waals surface area contributed by atoms with Crippen molar-refractivity contribution in [2.24, 2.45) is 5.92 Å². The van der Waals surface area contributed by atoms with Crippen molar-refractivity contribution in [3.05, 3.63) is 33.1 Å². The van der Waals surface area contributed by atoms with Gasteiger partial charge in [-0.15, -0.1) is 0 Å². The van der Waals surface area contributed by atoms with E-state index in [1.54, 1.807) is 12.1 Å². The van der Waals surface area contributed by atoms with Crippen LogP contribution in [-0.4, -0.2) is 41.8 Å². The molecular formula is C19H22BrNO5S. The Morgan fingerprint density at radius 2 is 2.07 bits per heavy atom. The zero-order chi connectivity index (χ0) is 20.0. The van der Waals surface area contributed by atoms with Gasteiger partial charge in [0.05, 0.1) is 18.1 Å². The van der Waals surface area contributed by atoms with Crippen LogP contribution in [0.2, 0.25) is 0 Å². The summed E-state index contributed by atoms with van der Waals surface area (Å²) >= 11 is 4.20. The number of carbonyl (C=O) groups is 3. The van der Waals surface area contributed by atoms with Crippen molar-refractivity contribution in [1.29, 1.82) is 0 Å². The molecule has 1 aromatic rings. The minimum absolute atomic E-state index is 0.182. The van der Waals surface area contributed by atoms with E-state index in [4.69, 9.17) is 9.47 Å². The van der Waals surface area contributed by atoms with E-state index >= 15 is 0 Å². The highest BCUT2D eigenvalue weighted by Crippen LogP contribution is 2.34. The van der Waals surface area contributed by atoms with E-state index in [0.29, 0.717) is 17.9 Å². The first-order chi connectivity index (χ1) is 12.8. The number of halogens is 1. The highest BCUT2D eigenvalue weighted by atomic mass is 79.9. The number of esters is 1. The Morgan fingerprint density at radius 3 is 2.74 bits per heavy atom. The molecule has 0 bridgehead atoms. The fourth-order valence-electron chi connectivity index (χ4n) is 2.19. The smallest absolute Gasteiger partial charge is 0.326 e. The molecule has 0 N–H and O–H groups in total. The Kier molecular flexibility index (Phi) is 7.91. The van der Waals surface area contributed by atoms with Crippen LogP contribution in [-0.2, 0) is 14.3 Å². The monoisotopic (exact) mass is 455 g/mol. The Bertz CT molecular complexity index is 762. The van der Waals surface area contributed by atoms with Gasteiger partial charge in [-0.1, -0.05) is 36.7 Å². The van der Waals surface area contributed by atoms with E-state index in [1.165, 1.54) is 0 Å². The van der Waals surface area contributed by atoms with Crippen LogP contribution in [0.5, 0.6) is 5.75 Å². The number of rotatable bonds is 8. The minimum Gasteiger partial charge on any atom is -0.493 e. The van der Waals surface area contributed by atoms with Crippen molar-refractivity contribution >= 4 is 50.9 Å². The second kappa shape index (κ2) is 9.94. The Hall–Kier alpha value is -1.80. The fourth-order valence-corrected chi connectivity index (χ4v) is 3.40. The summed E-state index contributed by atoms with van der Waals surface area (Å²) in [6.45, 7) is 6.24. The lowest BCUT2D eigenvalue weighted by atomic mass is 10.2. The van der Waals surface area contributed by atoms with Gasteiger partial charge in [-0.25, -0.2) is 0 Å². The van der Waals surface area contributed by atoms with E-state index in [1.807, 2.05) is 32.9 Å². The summed E-state index contributed by atoms with van der Waals surface area (Å²) in [6, 6.07) is 5.47. The third kappa shape index (κ3) is 6.10. The van der Waals surface area contributed by atoms with Crippen molar-refractivity contribution in [2.45, 2.75) is 27.2 Å². The Balaban J connectivity index is 2.16. The van der Waals surface area contributed by atoms with Crippen molar-refractivity contribution in [3.8, 4) is 5.75 Å². The molecule has 1 saturated heterocycles. The van der Waals surface area contributed by atoms with Gasteiger partial charge in [0.25, 0.3) is 11.1 Å². The topological polar surface area (TPSA) is 72.9 Å². The van der Waals surface area contributed by atoms with E-state index < -0.39 is 17.1 Å². The van der Waals surface area contributed by atoms with Crippen molar-refractivity contribution in [3.63, 3.8) is 0 Å². The molecule has 1 heterocycles. The molecule has 0 radical (unpaired) electrons. The third-order valence-electron chi connectivity index (χ3n) is 3.46. The van der Waals surface area contributed by atoms with Gasteiger partial charge in [-0.05, 0) is 48.4 Å². The lowest BCUT2D eigenvalue weighted by Crippen LogP contribution is -2.34. The van der Waals surface area contributed by atoms with Gasteiger partial charge >= 0.3 is 5.97 Å². The maximum atomic E-state index is 12.6. The van der Waals surface area contributed by atoms with Crippen LogP contribution in [0.3, 0.4) is 0 Å². The number of benzene rings is 1. The number of imide groups is 1. The SMILES string of the molecule is CCCOc1ccc(Br)cc1/C=C1/SC(=O)N(CC(=O)OCC(C)C)C1=O. The summed E-state index contributed by atoms with van der Waals surface area (Å²) in [4.78, 5) is 37.7. The summed E-state index contributed by atoms with van der Waals surface area (Å²) in [7, 11) is 0. The number of hydrogen-bond acceptors (Lipinski definition) is 6. The normalized spacial score (nSPS) is 15.7. The summed E-state index contributed by atoms with van der Waals surface area (Å²) in [5, 5.41) is -0.487. The number of hydrogen-bond donors (Lipinski definition) is 0. The van der Waals surface area contributed by atoms with Crippen LogP contribution in [0.1, 0.15) is 32.8 Å². The van der Waals surface area contributed by atoms with Crippen molar-refractivity contribution < 1.29 is 23.9 Å². The zero-order valence-corrected chi connectivity index (χ0v) is 17.9. The van der Waals surface area contributed by atoms with Gasteiger partial charge in [0.2, 0.25) is 0 Å². The van der Waals surface area contributed by atoms with Gasteiger partial charge < -0.3 is 9.47 Å². The molecule has 8 heteroatoms. The van der Waals surface area contributed by atoms with Crippen LogP contribution in [0.15, 0.2) is 27.6 Å². The van der Waals surface area contributed by atoms with Crippen molar-refractivity contribution in [2.75, 3.05) is 19.8 Å². The molecule has 0 aliphatic carbocycles. The predicted octanol–water partition coefficient (Wildman–Crippen LogP) is 4.47. The zero-order valence-electron chi connectivity index (χ0n) is 15.5. The van der Waals surface area contributed by atoms with E-state index in [9.17, 15) is 14.4 Å². The molecule has 146 valence electrons. The first-order valence-corrected chi connectivity index (χ1v) is 10.3. The number of thioether (sulfide) groups is 1. The minimum atomic E-state index is -0.596. The van der Waals surface area contributed by atoms with Crippen LogP contribution in [0.4, 0.5) is 4.79 Å². The number of ether oxygens (including phenoxy) is 2. The maximum Gasteiger partial charge on any atom is 0.326 e. The predicted molar refractivity (Wildman–Crippen MR) is 108 cm³/mol. The molecule has 0 saturated carbocycles. The molecule has 1 aliphatic heterocycles. The van der Waals surface area contributed by atoms with Crippen molar-refractivity contribution in [1.82, 2.24) is 4.90 Å². The molecular weight excluding hydrogens is 434 g/mol. The molecule has 1 fully saturated rings. The summed E-state index contributed by atoms with van der Waals surface area (Å²) in [6.07, 6.45) is 2.46. The molecule has 6 nitrogen and oxygen atoms in total. The molecule has 2 amide bonds. The number of amides is 2. The standard InChI is InChI=1S/C19H22BrNO5S/c1-4-7-25-15-6-5-14(20)8-13(15)9-16-18(23)21(19(24)27-16)10-17(22)26-11-12(2)3/h5-6,8-9,12H,4,7,10-11H2,1-3H3/b16-9+. The van der Waals surface area contributed by atoms with Crippen LogP contribution in [0, 0.1) is 5.92 Å². The van der Waals surface area contributed by atoms with Gasteiger partial charge in [0, 0.05) is 10.0 Å². The first kappa shape index (κ1) is 21.5. The van der Waals surface area contributed by atoms with Crippen LogP contribution < -0.4 is 4.74 Å². The highest BCUT2D eigenvalue weighted by Gasteiger charge is 2.36. The molecule has 0 aromatic heterocycles. The Labute approximate surface area is 171 Å². The summed E-state index contributed by atoms with van der Waals surface area (Å²) < 4.78 is 11.6. The second-order valence-electron chi connectivity index (χ2n) is 6.38. The third-order valence-corrected chi connectivity index (χ3v) is 4.86. The van der Waals surface area contributed by atoms with Crippen LogP contribution in [0.25, 0.3) is 6.08 Å². The van der Waals surface area contributed by atoms with Crippen LogP contribution >= 0.6 is 27.7 Å². The van der Waals surface area contributed by atoms with E-state index in [0.717, 1.165) is 27.6 Å². The van der Waals surface area contributed by atoms with E-state index in [2.05, 4.69) is 15.9 Å². The molecule has 0 spiro atoms. The molecule has 1 aliphatic rings. The molecule has 0 atom stereocenters. The number of nitrogens with zero attached hydrogens (tertiary/aromatic N) is 1. The summed E-state index contributed by atoms with van der Waals surface area (Å²) in [5.41, 5.74) is 0.686. The lowest BCUT2D eigenvalue weighted by molar-refractivity contribution is -0.147. The molecule has 1 aromatic carbocycles. The highest BCUT2D eigenvalue weighted by molar-refractivity contribution is 9.10. The Morgan fingerprint density at radius 1 is 1.33 bits per heavy atom. The maximum absolute atomic E-state index is 12.6. The van der Waals surface area contributed by atoms with Gasteiger partial charge in [0.1, 0.15) is 12.3 Å². The molecule has 27 heavy (non-hydrogen) atoms. The van der Waals surface area contributed by atoms with Gasteiger partial charge in [-0.2, -0.15) is 0 Å². The largest absolute Gasteiger partial charge is 0.493 e. The average Bonchev–Trinajstić information content (AvgIpc) is 2.87. The van der Waals surface area contributed by atoms with Gasteiger partial charge in [-0.3, -0.25) is 19.3 Å². The van der Waals surface area contributed by atoms with Gasteiger partial charge in [0.15, 0.2) is 0 Å². The van der Waals surface area contributed by atoms with E-state index in [-0.39, 0.29) is 24.0 Å². The quantitative estimate of drug-likeness (QED) is 0.425.